The maximum absolute atomic E-state index is 12.7. The normalized spacial score (nSPS) is 18.1. The van der Waals surface area contributed by atoms with Crippen molar-refractivity contribution in [1.82, 2.24) is 5.06 Å². The second kappa shape index (κ2) is 11.9. The van der Waals surface area contributed by atoms with Crippen LogP contribution in [0.2, 0.25) is 0 Å². The molecule has 1 heterocycles. The van der Waals surface area contributed by atoms with Gasteiger partial charge in [-0.15, -0.1) is 0 Å². The van der Waals surface area contributed by atoms with E-state index in [9.17, 15) is 9.59 Å². The van der Waals surface area contributed by atoms with Crippen LogP contribution in [-0.4, -0.2) is 47.1 Å². The first-order valence-electron chi connectivity index (χ1n) is 12.7. The lowest BCUT2D eigenvalue weighted by Crippen LogP contribution is -2.62. The quantitative estimate of drug-likeness (QED) is 0.346. The van der Waals surface area contributed by atoms with Gasteiger partial charge in [0.25, 0.3) is 0 Å². The summed E-state index contributed by atoms with van der Waals surface area (Å²) >= 11 is 0. The minimum atomic E-state index is -0.739. The molecule has 0 spiro atoms. The Balaban J connectivity index is 1.78. The third-order valence-electron chi connectivity index (χ3n) is 6.30. The number of hydrogen-bond acceptors (Lipinski definition) is 7. The highest BCUT2D eigenvalue weighted by Gasteiger charge is 2.49. The first-order valence-corrected chi connectivity index (χ1v) is 12.7. The van der Waals surface area contributed by atoms with Gasteiger partial charge in [-0.1, -0.05) is 55.1 Å². The Hall–Kier alpha value is -3.16. The van der Waals surface area contributed by atoms with Crippen LogP contribution in [0.1, 0.15) is 82.0 Å². The number of benzene rings is 2. The number of esters is 1. The van der Waals surface area contributed by atoms with Crippen LogP contribution < -0.4 is 0 Å². The average molecular weight is 510 g/mol. The van der Waals surface area contributed by atoms with Crippen LogP contribution in [0, 0.1) is 0 Å². The van der Waals surface area contributed by atoms with Crippen LogP contribution in [0.3, 0.4) is 0 Å². The monoisotopic (exact) mass is 509 g/mol. The molecule has 1 unspecified atom stereocenters. The molecule has 0 aliphatic carbocycles. The molecule has 0 bridgehead atoms. The van der Waals surface area contributed by atoms with Gasteiger partial charge in [-0.25, -0.2) is 9.59 Å². The van der Waals surface area contributed by atoms with E-state index in [1.807, 2.05) is 47.5 Å². The summed E-state index contributed by atoms with van der Waals surface area (Å²) in [4.78, 5) is 31.5. The zero-order chi connectivity index (χ0) is 27.2. The maximum Gasteiger partial charge on any atom is 0.508 e. The van der Waals surface area contributed by atoms with Crippen molar-refractivity contribution in [2.75, 3.05) is 6.61 Å². The van der Waals surface area contributed by atoms with Gasteiger partial charge in [-0.2, -0.15) is 5.06 Å². The van der Waals surface area contributed by atoms with Gasteiger partial charge in [0.05, 0.1) is 11.7 Å². The van der Waals surface area contributed by atoms with E-state index >= 15 is 0 Å². The van der Waals surface area contributed by atoms with Crippen LogP contribution in [0.15, 0.2) is 61.2 Å². The number of ether oxygens (including phenoxy) is 3. The summed E-state index contributed by atoms with van der Waals surface area (Å²) in [5.41, 5.74) is 1.39. The van der Waals surface area contributed by atoms with Gasteiger partial charge in [0.15, 0.2) is 0 Å². The fraction of sp³-hybridized carbons (Fsp3) is 0.467. The van der Waals surface area contributed by atoms with E-state index in [-0.39, 0.29) is 24.8 Å². The summed E-state index contributed by atoms with van der Waals surface area (Å²) in [6.45, 7) is 15.6. The van der Waals surface area contributed by atoms with Crippen LogP contribution in [0.25, 0.3) is 6.08 Å². The van der Waals surface area contributed by atoms with Gasteiger partial charge in [-0.05, 0) is 64.8 Å². The van der Waals surface area contributed by atoms with E-state index in [1.165, 1.54) is 0 Å². The molecular weight excluding hydrogens is 470 g/mol. The Morgan fingerprint density at radius 2 is 1.59 bits per heavy atom. The fourth-order valence-corrected chi connectivity index (χ4v) is 4.87. The SMILES string of the molecule is C=Cc1ccc(C(COC(=O)OC(C)C)ON2C(C)(C)CC(OC(=O)c3ccccc3)CC2(C)C)cc1. The molecule has 0 radical (unpaired) electrons. The van der Waals surface area contributed by atoms with Crippen molar-refractivity contribution in [2.24, 2.45) is 0 Å². The highest BCUT2D eigenvalue weighted by molar-refractivity contribution is 5.89. The predicted octanol–water partition coefficient (Wildman–Crippen LogP) is 6.74. The van der Waals surface area contributed by atoms with Crippen molar-refractivity contribution >= 4 is 18.2 Å². The Bertz CT molecular complexity index is 1040. The van der Waals surface area contributed by atoms with Crippen molar-refractivity contribution < 1.29 is 28.6 Å². The maximum atomic E-state index is 12.7. The molecular formula is C30H39NO6. The van der Waals surface area contributed by atoms with Crippen LogP contribution in [0.5, 0.6) is 0 Å². The molecule has 37 heavy (non-hydrogen) atoms. The lowest BCUT2D eigenvalue weighted by Gasteiger charge is -2.54. The topological polar surface area (TPSA) is 74.3 Å². The minimum absolute atomic E-state index is 0.0198. The predicted molar refractivity (Wildman–Crippen MR) is 143 cm³/mol. The Morgan fingerprint density at radius 1 is 1.00 bits per heavy atom. The third-order valence-corrected chi connectivity index (χ3v) is 6.30. The molecule has 0 saturated carbocycles. The smallest absolute Gasteiger partial charge is 0.459 e. The van der Waals surface area contributed by atoms with E-state index in [0.717, 1.165) is 11.1 Å². The van der Waals surface area contributed by atoms with Gasteiger partial charge in [0, 0.05) is 23.9 Å². The van der Waals surface area contributed by atoms with Gasteiger partial charge in [-0.3, -0.25) is 4.84 Å². The average Bonchev–Trinajstić information content (AvgIpc) is 2.82. The molecule has 200 valence electrons. The summed E-state index contributed by atoms with van der Waals surface area (Å²) in [5, 5.41) is 1.95. The largest absolute Gasteiger partial charge is 0.508 e. The number of hydrogen-bond donors (Lipinski definition) is 0. The molecule has 2 aromatic carbocycles. The summed E-state index contributed by atoms with van der Waals surface area (Å²) in [6, 6.07) is 16.8. The number of piperidine rings is 1. The summed E-state index contributed by atoms with van der Waals surface area (Å²) < 4.78 is 16.5. The summed E-state index contributed by atoms with van der Waals surface area (Å²) in [7, 11) is 0. The number of nitrogens with zero attached hydrogens (tertiary/aromatic N) is 1. The molecule has 0 N–H and O–H groups in total. The van der Waals surface area contributed by atoms with Gasteiger partial charge in [0.2, 0.25) is 0 Å². The van der Waals surface area contributed by atoms with Crippen molar-refractivity contribution in [3.05, 3.63) is 77.9 Å². The molecule has 1 atom stereocenters. The van der Waals surface area contributed by atoms with Crippen molar-refractivity contribution in [3.8, 4) is 0 Å². The standard InChI is InChI=1S/C30H39NO6/c1-8-22-14-16-23(17-15-22)26(20-34-28(33)35-21(2)3)37-31-29(4,5)18-25(19-30(31,6)7)36-27(32)24-12-10-9-11-13-24/h8-17,21,25-26H,1,18-20H2,2-7H3. The molecule has 1 fully saturated rings. The van der Waals surface area contributed by atoms with Gasteiger partial charge in [0.1, 0.15) is 18.8 Å². The van der Waals surface area contributed by atoms with E-state index in [4.69, 9.17) is 19.0 Å². The summed E-state index contributed by atoms with van der Waals surface area (Å²) in [6.07, 6.45) is 1.05. The van der Waals surface area contributed by atoms with E-state index in [2.05, 4.69) is 34.3 Å². The van der Waals surface area contributed by atoms with Crippen molar-refractivity contribution in [2.45, 2.75) is 83.8 Å². The van der Waals surface area contributed by atoms with E-state index in [0.29, 0.717) is 18.4 Å². The minimum Gasteiger partial charge on any atom is -0.459 e. The van der Waals surface area contributed by atoms with Gasteiger partial charge >= 0.3 is 12.1 Å². The number of carbonyl (C=O) groups is 2. The fourth-order valence-electron chi connectivity index (χ4n) is 4.87. The van der Waals surface area contributed by atoms with Crippen LogP contribution in [-0.2, 0) is 19.0 Å². The lowest BCUT2D eigenvalue weighted by molar-refractivity contribution is -0.320. The molecule has 2 aromatic rings. The molecule has 7 heteroatoms. The summed E-state index contributed by atoms with van der Waals surface area (Å²) in [5.74, 6) is -0.330. The first-order chi connectivity index (χ1) is 17.4. The number of hydroxylamine groups is 2. The van der Waals surface area contributed by atoms with Crippen LogP contribution in [0.4, 0.5) is 4.79 Å². The first kappa shape index (κ1) is 28.4. The Labute approximate surface area is 220 Å². The van der Waals surface area contributed by atoms with Crippen molar-refractivity contribution in [1.29, 1.82) is 0 Å². The van der Waals surface area contributed by atoms with Crippen LogP contribution >= 0.6 is 0 Å². The molecule has 0 aromatic heterocycles. The molecule has 7 nitrogen and oxygen atoms in total. The second-order valence-corrected chi connectivity index (χ2v) is 10.9. The highest BCUT2D eigenvalue weighted by Crippen LogP contribution is 2.42. The molecule has 3 rings (SSSR count). The lowest BCUT2D eigenvalue weighted by atomic mass is 9.80. The van der Waals surface area contributed by atoms with E-state index in [1.54, 1.807) is 32.1 Å². The second-order valence-electron chi connectivity index (χ2n) is 10.9. The molecule has 1 saturated heterocycles. The zero-order valence-corrected chi connectivity index (χ0v) is 22.7. The van der Waals surface area contributed by atoms with Gasteiger partial charge < -0.3 is 14.2 Å². The molecule has 1 aliphatic rings. The third kappa shape index (κ3) is 7.66. The highest BCUT2D eigenvalue weighted by atomic mass is 16.7. The number of rotatable bonds is 9. The van der Waals surface area contributed by atoms with E-state index < -0.39 is 23.3 Å². The Morgan fingerprint density at radius 3 is 2.14 bits per heavy atom. The molecule has 1 aliphatic heterocycles. The number of carbonyl (C=O) groups excluding carboxylic acids is 2. The molecule has 0 amide bonds. The van der Waals surface area contributed by atoms with Crippen molar-refractivity contribution in [3.63, 3.8) is 0 Å². The Kier molecular flexibility index (Phi) is 9.16. The zero-order valence-electron chi connectivity index (χ0n) is 22.7.